The largest absolute Gasteiger partial charge is 0.395 e. The lowest BCUT2D eigenvalue weighted by molar-refractivity contribution is -0.122. The number of rotatable bonds is 67. The smallest absolute Gasteiger partial charge is 0.221 e. The van der Waals surface area contributed by atoms with Crippen LogP contribution in [0.2, 0.25) is 0 Å². The van der Waals surface area contributed by atoms with Crippen molar-refractivity contribution in [1.29, 1.82) is 0 Å². The van der Waals surface area contributed by atoms with E-state index in [9.17, 15) is 19.5 Å². The summed E-state index contributed by atoms with van der Waals surface area (Å²) in [6, 6.07) is 0. The molecule has 0 aliphatic heterocycles. The van der Waals surface area contributed by atoms with Crippen LogP contribution in [0.25, 0.3) is 0 Å². The van der Waals surface area contributed by atoms with E-state index in [-0.39, 0.29) is 37.5 Å². The van der Waals surface area contributed by atoms with Gasteiger partial charge in [-0.25, -0.2) is 0 Å². The molecule has 7 N–H and O–H groups in total. The molecule has 0 atom stereocenters. The molecule has 0 fully saturated rings. The second kappa shape index (κ2) is 71.6. The molecule has 0 saturated carbocycles. The van der Waals surface area contributed by atoms with Crippen LogP contribution in [-0.4, -0.2) is 159 Å². The number of hydrogen-bond donors (Lipinski definition) is 7. The van der Waals surface area contributed by atoms with Crippen molar-refractivity contribution < 1.29 is 29.7 Å². The fourth-order valence-electron chi connectivity index (χ4n) is 10.9. The first-order valence-electron chi connectivity index (χ1n) is 35.8. The Labute approximate surface area is 509 Å². The number of aliphatic hydroxyl groups excluding tert-OH is 3. The molecular formula is C69H143N7O6. The monoisotopic (exact) mass is 1170 g/mol. The lowest BCUT2D eigenvalue weighted by atomic mass is 10.0. The molecule has 0 radical (unpaired) electrons. The summed E-state index contributed by atoms with van der Waals surface area (Å²) < 4.78 is 0. The average molecular weight is 1170 g/mol. The zero-order valence-corrected chi connectivity index (χ0v) is 55.2. The van der Waals surface area contributed by atoms with E-state index in [0.717, 1.165) is 90.9 Å². The molecule has 0 spiro atoms. The summed E-state index contributed by atoms with van der Waals surface area (Å²) in [6.07, 6.45) is 56.6. The standard InChI is InChI=1S/C44H90N4O3.C25H53N3O3/c1-4-7-9-11-13-15-17-19-21-23-25-27-29-34-45-43(50)32-39-48(38-31-37-47(36-6-3)41-42-49)40-33-44(51)46-35-30-28-26-24-22-20-18-16-14-12-10-8-5-2;1-2-3-4-5-6-7-8-9-10-11-12-13-14-18-27-25(31)16-19-26-17-15-20-28(21-23-29)22-24-30/h49H,4-42H2,1-3H3,(H,45,50)(H,46,51);26,29-30H,2-24H2,1H3,(H,27,31). The number of unbranched alkanes of at least 4 members (excludes halogenated alkanes) is 36. The highest BCUT2D eigenvalue weighted by molar-refractivity contribution is 5.77. The molecule has 0 heterocycles. The van der Waals surface area contributed by atoms with Gasteiger partial charge in [0.2, 0.25) is 17.7 Å². The Morgan fingerprint density at radius 2 is 0.500 bits per heavy atom. The van der Waals surface area contributed by atoms with Gasteiger partial charge in [-0.05, 0) is 71.2 Å². The number of nitrogens with zero attached hydrogens (tertiary/aromatic N) is 3. The van der Waals surface area contributed by atoms with E-state index >= 15 is 0 Å². The molecular weight excluding hydrogens is 1020 g/mol. The van der Waals surface area contributed by atoms with Crippen LogP contribution in [-0.2, 0) is 14.4 Å². The summed E-state index contributed by atoms with van der Waals surface area (Å²) in [6.45, 7) is 20.2. The summed E-state index contributed by atoms with van der Waals surface area (Å²) in [5, 5.41) is 40.0. The number of amides is 3. The van der Waals surface area contributed by atoms with Crippen LogP contribution in [0.1, 0.15) is 317 Å². The molecule has 0 aromatic rings. The van der Waals surface area contributed by atoms with Crippen molar-refractivity contribution >= 4 is 17.7 Å². The van der Waals surface area contributed by atoms with Gasteiger partial charge in [-0.15, -0.1) is 0 Å². The Hall–Kier alpha value is -1.87. The van der Waals surface area contributed by atoms with Crippen LogP contribution < -0.4 is 21.3 Å². The molecule has 13 heteroatoms. The fraction of sp³-hybridized carbons (Fsp3) is 0.957. The molecule has 0 unspecified atom stereocenters. The highest BCUT2D eigenvalue weighted by Crippen LogP contribution is 2.15. The van der Waals surface area contributed by atoms with Crippen LogP contribution in [0.15, 0.2) is 0 Å². The second-order valence-electron chi connectivity index (χ2n) is 24.2. The number of carbonyl (C=O) groups excluding carboxylic acids is 3. The normalized spacial score (nSPS) is 11.5. The minimum absolute atomic E-state index is 0.118. The van der Waals surface area contributed by atoms with Gasteiger partial charge < -0.3 is 46.4 Å². The van der Waals surface area contributed by atoms with Crippen LogP contribution >= 0.6 is 0 Å². The van der Waals surface area contributed by atoms with Crippen molar-refractivity contribution in [1.82, 2.24) is 36.0 Å². The first kappa shape index (κ1) is 82.2. The maximum absolute atomic E-state index is 12.7. The number of carbonyl (C=O) groups is 3. The molecule has 3 amide bonds. The molecule has 0 saturated heterocycles. The average Bonchev–Trinajstić information content (AvgIpc) is 3.47. The zero-order valence-electron chi connectivity index (χ0n) is 55.2. The van der Waals surface area contributed by atoms with Gasteiger partial charge in [0.25, 0.3) is 0 Å². The van der Waals surface area contributed by atoms with Crippen LogP contribution in [0, 0.1) is 0 Å². The van der Waals surface area contributed by atoms with Gasteiger partial charge in [-0.2, -0.15) is 0 Å². The molecule has 0 aromatic heterocycles. The molecule has 490 valence electrons. The molecule has 0 rings (SSSR count). The van der Waals surface area contributed by atoms with Gasteiger partial charge >= 0.3 is 0 Å². The summed E-state index contributed by atoms with van der Waals surface area (Å²) in [5.41, 5.74) is 0. The number of nitrogens with one attached hydrogen (secondary N) is 4. The highest BCUT2D eigenvalue weighted by atomic mass is 16.3. The van der Waals surface area contributed by atoms with Crippen LogP contribution in [0.3, 0.4) is 0 Å². The SMILES string of the molecule is CCCCCCCCCCCCCCCNC(=O)CCN(CCCN(CCC)CCO)CCC(=O)NCCCCCCCCCCCCCCC.CCCCCCCCCCCCCCCNC(=O)CCNCCCN(CCO)CCO. The van der Waals surface area contributed by atoms with Crippen molar-refractivity contribution in [2.45, 2.75) is 317 Å². The van der Waals surface area contributed by atoms with E-state index in [1.54, 1.807) is 0 Å². The Morgan fingerprint density at radius 1 is 0.244 bits per heavy atom. The van der Waals surface area contributed by atoms with Crippen LogP contribution in [0.5, 0.6) is 0 Å². The van der Waals surface area contributed by atoms with Crippen molar-refractivity contribution in [2.24, 2.45) is 0 Å². The topological polar surface area (TPSA) is 170 Å². The third kappa shape index (κ3) is 67.3. The maximum atomic E-state index is 12.7. The van der Waals surface area contributed by atoms with E-state index in [2.05, 4.69) is 58.8 Å². The maximum Gasteiger partial charge on any atom is 0.221 e. The second-order valence-corrected chi connectivity index (χ2v) is 24.2. The van der Waals surface area contributed by atoms with Gasteiger partial charge in [0.05, 0.1) is 19.8 Å². The van der Waals surface area contributed by atoms with E-state index in [0.29, 0.717) is 58.5 Å². The lowest BCUT2D eigenvalue weighted by Gasteiger charge is -2.25. The van der Waals surface area contributed by atoms with Crippen molar-refractivity contribution in [2.75, 3.05) is 111 Å². The zero-order chi connectivity index (χ0) is 60.1. The van der Waals surface area contributed by atoms with Crippen molar-refractivity contribution in [3.05, 3.63) is 0 Å². The quantitative estimate of drug-likeness (QED) is 0.0291. The van der Waals surface area contributed by atoms with E-state index in [4.69, 9.17) is 10.2 Å². The Bertz CT molecular complexity index is 1210. The number of aliphatic hydroxyl groups is 3. The summed E-state index contributed by atoms with van der Waals surface area (Å²) in [5.74, 6) is 0.381. The Kier molecular flexibility index (Phi) is 71.8. The Balaban J connectivity index is 0. The van der Waals surface area contributed by atoms with Crippen molar-refractivity contribution in [3.63, 3.8) is 0 Å². The highest BCUT2D eigenvalue weighted by Gasteiger charge is 2.13. The van der Waals surface area contributed by atoms with Gasteiger partial charge in [-0.3, -0.25) is 19.3 Å². The minimum atomic E-state index is 0.118. The predicted molar refractivity (Wildman–Crippen MR) is 353 cm³/mol. The predicted octanol–water partition coefficient (Wildman–Crippen LogP) is 14.4. The summed E-state index contributed by atoms with van der Waals surface area (Å²) >= 11 is 0. The van der Waals surface area contributed by atoms with Gasteiger partial charge in [-0.1, -0.05) is 259 Å². The Morgan fingerprint density at radius 3 is 0.793 bits per heavy atom. The van der Waals surface area contributed by atoms with Gasteiger partial charge in [0, 0.05) is 78.2 Å². The summed E-state index contributed by atoms with van der Waals surface area (Å²) in [7, 11) is 0. The molecule has 82 heavy (non-hydrogen) atoms. The van der Waals surface area contributed by atoms with Crippen molar-refractivity contribution in [3.8, 4) is 0 Å². The van der Waals surface area contributed by atoms with E-state index in [1.165, 1.54) is 231 Å². The number of hydrogen-bond acceptors (Lipinski definition) is 10. The minimum Gasteiger partial charge on any atom is -0.395 e. The summed E-state index contributed by atoms with van der Waals surface area (Å²) in [4.78, 5) is 43.8. The lowest BCUT2D eigenvalue weighted by Crippen LogP contribution is -2.37. The molecule has 13 nitrogen and oxygen atoms in total. The van der Waals surface area contributed by atoms with E-state index < -0.39 is 0 Å². The molecule has 0 aliphatic carbocycles. The third-order valence-corrected chi connectivity index (χ3v) is 16.2. The first-order chi connectivity index (χ1) is 40.3. The van der Waals surface area contributed by atoms with Crippen LogP contribution in [0.4, 0.5) is 0 Å². The molecule has 0 aromatic carbocycles. The van der Waals surface area contributed by atoms with E-state index in [1.807, 2.05) is 4.90 Å². The molecule has 0 bridgehead atoms. The van der Waals surface area contributed by atoms with Gasteiger partial charge in [0.1, 0.15) is 0 Å². The molecule has 0 aliphatic rings. The first-order valence-corrected chi connectivity index (χ1v) is 35.8. The third-order valence-electron chi connectivity index (χ3n) is 16.2. The van der Waals surface area contributed by atoms with Gasteiger partial charge in [0.15, 0.2) is 0 Å². The fourth-order valence-corrected chi connectivity index (χ4v) is 10.9.